The zero-order valence-corrected chi connectivity index (χ0v) is 13.9. The van der Waals surface area contributed by atoms with Crippen molar-refractivity contribution in [2.24, 2.45) is 0 Å². The van der Waals surface area contributed by atoms with E-state index in [1.807, 2.05) is 10.8 Å². The molecule has 0 spiro atoms. The second-order valence-electron chi connectivity index (χ2n) is 5.69. The first-order chi connectivity index (χ1) is 12.4. The number of thiophene rings is 1. The number of hydrogen-bond acceptors (Lipinski definition) is 5. The predicted octanol–water partition coefficient (Wildman–Crippen LogP) is 4.46. The lowest BCUT2D eigenvalue weighted by molar-refractivity contribution is -0.137. The third kappa shape index (κ3) is 3.13. The van der Waals surface area contributed by atoms with Crippen LogP contribution in [0.2, 0.25) is 0 Å². The molecule has 0 bridgehead atoms. The number of aromatic nitrogens is 2. The van der Waals surface area contributed by atoms with Gasteiger partial charge in [-0.1, -0.05) is 0 Å². The van der Waals surface area contributed by atoms with Crippen LogP contribution in [0.5, 0.6) is 0 Å². The minimum absolute atomic E-state index is 0.143. The summed E-state index contributed by atoms with van der Waals surface area (Å²) in [5.74, 6) is 0.102. The van der Waals surface area contributed by atoms with Crippen LogP contribution in [0.25, 0.3) is 11.3 Å². The van der Waals surface area contributed by atoms with E-state index >= 15 is 0 Å². The summed E-state index contributed by atoms with van der Waals surface area (Å²) in [4.78, 5) is 20.6. The van der Waals surface area contributed by atoms with Crippen LogP contribution in [0.4, 0.5) is 30.5 Å². The number of nitrogens with one attached hydrogen (secondary N) is 2. The van der Waals surface area contributed by atoms with Crippen molar-refractivity contribution in [3.05, 3.63) is 52.3 Å². The van der Waals surface area contributed by atoms with Gasteiger partial charge >= 0.3 is 6.18 Å². The van der Waals surface area contributed by atoms with Crippen molar-refractivity contribution in [3.8, 4) is 11.3 Å². The lowest BCUT2D eigenvalue weighted by atomic mass is 10.1. The highest BCUT2D eigenvalue weighted by molar-refractivity contribution is 7.08. The summed E-state index contributed by atoms with van der Waals surface area (Å²) >= 11 is 1.44. The molecule has 0 aliphatic carbocycles. The van der Waals surface area contributed by atoms with Crippen molar-refractivity contribution in [3.63, 3.8) is 0 Å². The van der Waals surface area contributed by atoms with E-state index < -0.39 is 11.7 Å². The van der Waals surface area contributed by atoms with Gasteiger partial charge in [-0.25, -0.2) is 9.97 Å². The Labute approximate surface area is 149 Å². The van der Waals surface area contributed by atoms with Gasteiger partial charge < -0.3 is 10.6 Å². The normalized spacial score (nSPS) is 13.4. The molecule has 0 fully saturated rings. The number of amides is 1. The Morgan fingerprint density at radius 1 is 1.15 bits per heavy atom. The number of carbonyl (C=O) groups excluding carboxylic acids is 1. The van der Waals surface area contributed by atoms with Crippen molar-refractivity contribution in [2.75, 3.05) is 10.6 Å². The lowest BCUT2D eigenvalue weighted by Crippen LogP contribution is -2.12. The summed E-state index contributed by atoms with van der Waals surface area (Å²) in [5.41, 5.74) is 2.53. The fourth-order valence-electron chi connectivity index (χ4n) is 2.65. The molecule has 132 valence electrons. The largest absolute Gasteiger partial charge is 0.416 e. The van der Waals surface area contributed by atoms with Gasteiger partial charge in [0.1, 0.15) is 0 Å². The van der Waals surface area contributed by atoms with Gasteiger partial charge in [-0.05, 0) is 24.3 Å². The number of anilines is 3. The number of carbonyl (C=O) groups is 1. The molecular formula is C17H11F3N4OS. The molecule has 0 radical (unpaired) electrons. The van der Waals surface area contributed by atoms with E-state index in [0.717, 1.165) is 17.7 Å². The molecule has 3 heterocycles. The summed E-state index contributed by atoms with van der Waals surface area (Å²) in [6, 6.07) is 4.62. The predicted molar refractivity (Wildman–Crippen MR) is 92.4 cm³/mol. The van der Waals surface area contributed by atoms with E-state index in [1.165, 1.54) is 23.5 Å². The van der Waals surface area contributed by atoms with Gasteiger partial charge in [-0.3, -0.25) is 4.79 Å². The Kier molecular flexibility index (Phi) is 3.87. The molecule has 4 rings (SSSR count). The number of hydrogen-bond donors (Lipinski definition) is 2. The highest BCUT2D eigenvalue weighted by atomic mass is 32.1. The number of halogens is 3. The van der Waals surface area contributed by atoms with Gasteiger partial charge in [0.25, 0.3) is 0 Å². The molecule has 0 atom stereocenters. The first kappa shape index (κ1) is 16.5. The second-order valence-corrected chi connectivity index (χ2v) is 6.44. The van der Waals surface area contributed by atoms with Crippen LogP contribution < -0.4 is 10.6 Å². The maximum atomic E-state index is 12.6. The summed E-state index contributed by atoms with van der Waals surface area (Å²) < 4.78 is 37.9. The van der Waals surface area contributed by atoms with E-state index in [0.29, 0.717) is 22.6 Å². The number of nitrogens with zero attached hydrogens (tertiary/aromatic N) is 2. The molecule has 5 nitrogen and oxygen atoms in total. The number of benzene rings is 1. The Hall–Kier alpha value is -2.94. The van der Waals surface area contributed by atoms with Crippen molar-refractivity contribution >= 4 is 34.6 Å². The van der Waals surface area contributed by atoms with Gasteiger partial charge in [-0.2, -0.15) is 13.2 Å². The Balaban J connectivity index is 1.66. The van der Waals surface area contributed by atoms with Crippen molar-refractivity contribution in [1.82, 2.24) is 9.97 Å². The zero-order valence-electron chi connectivity index (χ0n) is 13.1. The smallest absolute Gasteiger partial charge is 0.324 e. The average Bonchev–Trinajstić information content (AvgIpc) is 2.99. The van der Waals surface area contributed by atoms with Crippen LogP contribution in [0, 0.1) is 0 Å². The van der Waals surface area contributed by atoms with Crippen LogP contribution in [0.3, 0.4) is 0 Å². The third-order valence-electron chi connectivity index (χ3n) is 3.88. The third-order valence-corrected chi connectivity index (χ3v) is 4.62. The lowest BCUT2D eigenvalue weighted by Gasteiger charge is -2.10. The van der Waals surface area contributed by atoms with Crippen LogP contribution in [0.15, 0.2) is 41.2 Å². The highest BCUT2D eigenvalue weighted by Gasteiger charge is 2.30. The van der Waals surface area contributed by atoms with Gasteiger partial charge in [0.15, 0.2) is 0 Å². The zero-order chi connectivity index (χ0) is 18.3. The van der Waals surface area contributed by atoms with Gasteiger partial charge in [-0.15, -0.1) is 11.3 Å². The van der Waals surface area contributed by atoms with E-state index in [-0.39, 0.29) is 18.3 Å². The minimum atomic E-state index is -4.38. The van der Waals surface area contributed by atoms with Crippen molar-refractivity contribution < 1.29 is 18.0 Å². The summed E-state index contributed by atoms with van der Waals surface area (Å²) in [5, 5.41) is 9.42. The molecule has 26 heavy (non-hydrogen) atoms. The molecule has 0 saturated heterocycles. The Morgan fingerprint density at radius 2 is 1.92 bits per heavy atom. The fraction of sp³-hybridized carbons (Fsp3) is 0.118. The molecule has 3 aromatic rings. The molecule has 1 aromatic carbocycles. The van der Waals surface area contributed by atoms with Crippen LogP contribution >= 0.6 is 11.3 Å². The first-order valence-corrected chi connectivity index (χ1v) is 8.51. The number of rotatable bonds is 2. The topological polar surface area (TPSA) is 66.9 Å². The standard InChI is InChI=1S/C17H11F3N4OS/c18-17(19,20)10-1-3-11(4-2-10)22-16-21-6-9-5-14(25)23-13-8-26-7-12(13)15(9)24-16/h1-4,6-8H,5H2,(H,23,25)(H,21,22,24). The molecule has 1 amide bonds. The fourth-order valence-corrected chi connectivity index (χ4v) is 3.41. The molecule has 1 aliphatic heterocycles. The van der Waals surface area contributed by atoms with E-state index in [4.69, 9.17) is 0 Å². The minimum Gasteiger partial charge on any atom is -0.324 e. The SMILES string of the molecule is O=C1Cc2cnc(Nc3ccc(C(F)(F)F)cc3)nc2-c2cscc2N1. The van der Waals surface area contributed by atoms with Gasteiger partial charge in [0.05, 0.1) is 23.4 Å². The molecule has 0 unspecified atom stereocenters. The summed E-state index contributed by atoms with van der Waals surface area (Å²) in [6.45, 7) is 0. The maximum Gasteiger partial charge on any atom is 0.416 e. The van der Waals surface area contributed by atoms with E-state index in [2.05, 4.69) is 20.6 Å². The second kappa shape index (κ2) is 6.10. The molecule has 9 heteroatoms. The first-order valence-electron chi connectivity index (χ1n) is 7.57. The average molecular weight is 376 g/mol. The van der Waals surface area contributed by atoms with Crippen LogP contribution in [-0.4, -0.2) is 15.9 Å². The molecule has 2 aromatic heterocycles. The molecule has 2 N–H and O–H groups in total. The van der Waals surface area contributed by atoms with E-state index in [9.17, 15) is 18.0 Å². The van der Waals surface area contributed by atoms with E-state index in [1.54, 1.807) is 6.20 Å². The monoisotopic (exact) mass is 376 g/mol. The van der Waals surface area contributed by atoms with Crippen LogP contribution in [0.1, 0.15) is 11.1 Å². The number of fused-ring (bicyclic) bond motifs is 3. The van der Waals surface area contributed by atoms with Crippen LogP contribution in [-0.2, 0) is 17.4 Å². The summed E-state index contributed by atoms with van der Waals surface area (Å²) in [7, 11) is 0. The van der Waals surface area contributed by atoms with Gasteiger partial charge in [0.2, 0.25) is 11.9 Å². The van der Waals surface area contributed by atoms with Gasteiger partial charge in [0, 0.05) is 33.8 Å². The Bertz CT molecular complexity index is 982. The van der Waals surface area contributed by atoms with Crippen molar-refractivity contribution in [2.45, 2.75) is 12.6 Å². The molecule has 0 saturated carbocycles. The Morgan fingerprint density at radius 3 is 2.65 bits per heavy atom. The molecular weight excluding hydrogens is 365 g/mol. The summed E-state index contributed by atoms with van der Waals surface area (Å²) in [6.07, 6.45) is -2.66. The van der Waals surface area contributed by atoms with Crippen molar-refractivity contribution in [1.29, 1.82) is 0 Å². The quantitative estimate of drug-likeness (QED) is 0.693. The maximum absolute atomic E-state index is 12.6. The molecule has 1 aliphatic rings. The highest BCUT2D eigenvalue weighted by Crippen LogP contribution is 2.36. The number of alkyl halides is 3.